The van der Waals surface area contributed by atoms with Crippen molar-refractivity contribution in [2.45, 2.75) is 134 Å². The number of rotatable bonds is 15. The summed E-state index contributed by atoms with van der Waals surface area (Å²) in [4.78, 5) is 10.6. The van der Waals surface area contributed by atoms with E-state index >= 15 is 0 Å². The number of hydrogen-bond acceptors (Lipinski definition) is 4. The first kappa shape index (κ1) is 22.6. The molecule has 0 spiro atoms. The molecule has 2 heterocycles. The smallest absolute Gasteiger partial charge is 0.303 e. The van der Waals surface area contributed by atoms with Crippen LogP contribution in [0.15, 0.2) is 0 Å². The SMILES string of the molecule is CCCCCCCCCC[C@H]1OC(C)(C)O[C@@H]1CC[C@@H]1O[C@@H]1CCC(=O)O. The van der Waals surface area contributed by atoms with Crippen LogP contribution in [0.25, 0.3) is 0 Å². The van der Waals surface area contributed by atoms with Crippen molar-refractivity contribution in [2.24, 2.45) is 0 Å². The van der Waals surface area contributed by atoms with Gasteiger partial charge in [0.15, 0.2) is 5.79 Å². The molecule has 27 heavy (non-hydrogen) atoms. The number of aliphatic carboxylic acids is 1. The van der Waals surface area contributed by atoms with Crippen molar-refractivity contribution >= 4 is 5.97 Å². The minimum atomic E-state index is -0.746. The van der Waals surface area contributed by atoms with Gasteiger partial charge in [-0.15, -0.1) is 0 Å². The highest BCUT2D eigenvalue weighted by atomic mass is 16.7. The lowest BCUT2D eigenvalue weighted by molar-refractivity contribution is -0.147. The van der Waals surface area contributed by atoms with Crippen molar-refractivity contribution < 1.29 is 24.1 Å². The van der Waals surface area contributed by atoms with Gasteiger partial charge in [0.25, 0.3) is 0 Å². The molecule has 2 fully saturated rings. The Balaban J connectivity index is 1.59. The van der Waals surface area contributed by atoms with Gasteiger partial charge in [-0.2, -0.15) is 0 Å². The van der Waals surface area contributed by atoms with Crippen LogP contribution in [0.2, 0.25) is 0 Å². The second-order valence-electron chi connectivity index (χ2n) is 8.70. The second kappa shape index (κ2) is 11.4. The van der Waals surface area contributed by atoms with Crippen molar-refractivity contribution in [3.8, 4) is 0 Å². The number of carboxylic acid groups (broad SMARTS) is 1. The van der Waals surface area contributed by atoms with E-state index in [1.54, 1.807) is 0 Å². The van der Waals surface area contributed by atoms with Gasteiger partial charge in [0.05, 0.1) is 24.4 Å². The predicted molar refractivity (Wildman–Crippen MR) is 106 cm³/mol. The monoisotopic (exact) mass is 384 g/mol. The van der Waals surface area contributed by atoms with Gasteiger partial charge in [0, 0.05) is 6.42 Å². The predicted octanol–water partition coefficient (Wildman–Crippen LogP) is 5.45. The van der Waals surface area contributed by atoms with Crippen LogP contribution in [0.1, 0.15) is 104 Å². The van der Waals surface area contributed by atoms with Gasteiger partial charge in [0.2, 0.25) is 0 Å². The van der Waals surface area contributed by atoms with Crippen molar-refractivity contribution in [3.05, 3.63) is 0 Å². The molecule has 0 aromatic carbocycles. The maximum atomic E-state index is 10.6. The van der Waals surface area contributed by atoms with Crippen LogP contribution in [0, 0.1) is 0 Å². The lowest BCUT2D eigenvalue weighted by atomic mass is 9.99. The fraction of sp³-hybridized carbons (Fsp3) is 0.955. The highest BCUT2D eigenvalue weighted by Crippen LogP contribution is 2.37. The van der Waals surface area contributed by atoms with E-state index in [9.17, 15) is 4.79 Å². The third-order valence-electron chi connectivity index (χ3n) is 5.69. The van der Waals surface area contributed by atoms with Gasteiger partial charge < -0.3 is 19.3 Å². The molecule has 1 N–H and O–H groups in total. The maximum absolute atomic E-state index is 10.6. The minimum absolute atomic E-state index is 0.127. The van der Waals surface area contributed by atoms with Crippen molar-refractivity contribution in [1.82, 2.24) is 0 Å². The quantitative estimate of drug-likeness (QED) is 0.300. The van der Waals surface area contributed by atoms with Crippen LogP contribution in [0.5, 0.6) is 0 Å². The summed E-state index contributed by atoms with van der Waals surface area (Å²) in [7, 11) is 0. The second-order valence-corrected chi connectivity index (χ2v) is 8.70. The number of epoxide rings is 1. The van der Waals surface area contributed by atoms with Crippen LogP contribution < -0.4 is 0 Å². The van der Waals surface area contributed by atoms with Gasteiger partial charge in [0.1, 0.15) is 0 Å². The Labute approximate surface area is 165 Å². The van der Waals surface area contributed by atoms with Crippen LogP contribution >= 0.6 is 0 Å². The lowest BCUT2D eigenvalue weighted by Crippen LogP contribution is -2.23. The molecule has 0 bridgehead atoms. The zero-order valence-corrected chi connectivity index (χ0v) is 17.6. The molecule has 2 aliphatic heterocycles. The molecule has 0 aromatic heterocycles. The molecule has 0 aliphatic carbocycles. The Hall–Kier alpha value is -0.650. The highest BCUT2D eigenvalue weighted by Gasteiger charge is 2.43. The largest absolute Gasteiger partial charge is 0.481 e. The van der Waals surface area contributed by atoms with E-state index in [-0.39, 0.29) is 30.8 Å². The fourth-order valence-corrected chi connectivity index (χ4v) is 4.16. The summed E-state index contributed by atoms with van der Waals surface area (Å²) in [6, 6.07) is 0. The Morgan fingerprint density at radius 1 is 0.778 bits per heavy atom. The molecule has 2 saturated heterocycles. The van der Waals surface area contributed by atoms with E-state index in [1.165, 1.54) is 51.4 Å². The summed E-state index contributed by atoms with van der Waals surface area (Å²) in [6.07, 6.45) is 15.0. The van der Waals surface area contributed by atoms with Gasteiger partial charge in [-0.25, -0.2) is 0 Å². The zero-order valence-electron chi connectivity index (χ0n) is 17.6. The van der Waals surface area contributed by atoms with E-state index in [0.29, 0.717) is 6.42 Å². The lowest BCUT2D eigenvalue weighted by Gasteiger charge is -2.16. The van der Waals surface area contributed by atoms with Gasteiger partial charge >= 0.3 is 5.97 Å². The summed E-state index contributed by atoms with van der Waals surface area (Å²) in [5.74, 6) is -1.24. The van der Waals surface area contributed by atoms with Crippen LogP contribution in [-0.4, -0.2) is 41.3 Å². The standard InChI is InChI=1S/C22H40O5/c1-4-5-6-7-8-9-10-11-12-19-20(27-22(2,3)26-19)14-13-17-18(25-17)15-16-21(23)24/h17-20H,4-16H2,1-3H3,(H,23,24)/t17-,18+,19+,20+/m0/s1. The summed E-state index contributed by atoms with van der Waals surface area (Å²) in [5.41, 5.74) is 0. The van der Waals surface area contributed by atoms with Crippen LogP contribution in [-0.2, 0) is 19.0 Å². The minimum Gasteiger partial charge on any atom is -0.481 e. The number of unbranched alkanes of at least 4 members (excludes halogenated alkanes) is 7. The van der Waals surface area contributed by atoms with Crippen molar-refractivity contribution in [2.75, 3.05) is 0 Å². The van der Waals surface area contributed by atoms with Crippen molar-refractivity contribution in [3.63, 3.8) is 0 Å². The van der Waals surface area contributed by atoms with Crippen LogP contribution in [0.3, 0.4) is 0 Å². The Kier molecular flexibility index (Phi) is 9.54. The highest BCUT2D eigenvalue weighted by molar-refractivity contribution is 5.66. The van der Waals surface area contributed by atoms with E-state index in [4.69, 9.17) is 19.3 Å². The molecular formula is C22H40O5. The summed E-state index contributed by atoms with van der Waals surface area (Å²) in [5, 5.41) is 8.75. The molecule has 5 nitrogen and oxygen atoms in total. The number of hydrogen-bond donors (Lipinski definition) is 1. The maximum Gasteiger partial charge on any atom is 0.303 e. The summed E-state index contributed by atoms with van der Waals surface area (Å²) < 4.78 is 17.9. The molecule has 5 heteroatoms. The molecule has 0 radical (unpaired) electrons. The third kappa shape index (κ3) is 8.93. The molecule has 2 aliphatic rings. The first-order chi connectivity index (χ1) is 12.9. The number of ether oxygens (including phenoxy) is 3. The first-order valence-corrected chi connectivity index (χ1v) is 11.1. The fourth-order valence-electron chi connectivity index (χ4n) is 4.16. The van der Waals surface area contributed by atoms with E-state index < -0.39 is 11.8 Å². The molecule has 0 aromatic rings. The summed E-state index contributed by atoms with van der Waals surface area (Å²) >= 11 is 0. The van der Waals surface area contributed by atoms with Crippen LogP contribution in [0.4, 0.5) is 0 Å². The van der Waals surface area contributed by atoms with Gasteiger partial charge in [-0.1, -0.05) is 58.3 Å². The number of carboxylic acids is 1. The summed E-state index contributed by atoms with van der Waals surface area (Å²) in [6.45, 7) is 6.25. The van der Waals surface area contributed by atoms with E-state index in [2.05, 4.69) is 6.92 Å². The number of carbonyl (C=O) groups is 1. The molecule has 158 valence electrons. The molecule has 4 atom stereocenters. The van der Waals surface area contributed by atoms with E-state index in [1.807, 2.05) is 13.8 Å². The Bertz CT molecular complexity index is 436. The van der Waals surface area contributed by atoms with Gasteiger partial charge in [-0.05, 0) is 39.5 Å². The Morgan fingerprint density at radius 2 is 1.30 bits per heavy atom. The van der Waals surface area contributed by atoms with Crippen molar-refractivity contribution in [1.29, 1.82) is 0 Å². The normalized spacial score (nSPS) is 29.1. The molecule has 0 amide bonds. The molecule has 0 saturated carbocycles. The van der Waals surface area contributed by atoms with E-state index in [0.717, 1.165) is 19.3 Å². The average molecular weight is 385 g/mol. The zero-order chi connectivity index (χ0) is 19.7. The third-order valence-corrected chi connectivity index (χ3v) is 5.69. The molecular weight excluding hydrogens is 344 g/mol. The topological polar surface area (TPSA) is 68.3 Å². The first-order valence-electron chi connectivity index (χ1n) is 11.1. The van der Waals surface area contributed by atoms with Gasteiger partial charge in [-0.3, -0.25) is 4.79 Å². The Morgan fingerprint density at radius 3 is 1.93 bits per heavy atom. The molecule has 0 unspecified atom stereocenters. The molecule has 2 rings (SSSR count). The average Bonchev–Trinajstić information content (AvgIpc) is 3.29.